The monoisotopic (exact) mass is 307 g/mol. The van der Waals surface area contributed by atoms with Crippen molar-refractivity contribution in [1.82, 2.24) is 5.32 Å². The van der Waals surface area contributed by atoms with Crippen LogP contribution in [0.3, 0.4) is 0 Å². The Balaban J connectivity index is 2.19. The fourth-order valence-electron chi connectivity index (χ4n) is 1.81. The molecule has 0 atom stereocenters. The van der Waals surface area contributed by atoms with E-state index in [4.69, 9.17) is 9.84 Å². The second-order valence-electron chi connectivity index (χ2n) is 4.93. The van der Waals surface area contributed by atoms with Crippen LogP contribution in [0, 0.1) is 0 Å². The Bertz CT molecular complexity index is 527. The van der Waals surface area contributed by atoms with E-state index >= 15 is 0 Å². The molecule has 0 aliphatic rings. The van der Waals surface area contributed by atoms with Crippen LogP contribution in [-0.4, -0.2) is 35.9 Å². The number of ketones is 1. The molecule has 1 aromatic carbocycles. The van der Waals surface area contributed by atoms with Crippen LogP contribution in [0.5, 0.6) is 5.75 Å². The number of carbonyl (C=O) groups is 3. The van der Waals surface area contributed by atoms with Crippen LogP contribution in [-0.2, 0) is 9.59 Å². The number of nitrogens with one attached hydrogen (secondary N) is 1. The average Bonchev–Trinajstić information content (AvgIpc) is 2.48. The molecule has 0 unspecified atom stereocenters. The first kappa shape index (κ1) is 17.7. The lowest BCUT2D eigenvalue weighted by molar-refractivity contribution is -0.137. The van der Waals surface area contributed by atoms with Gasteiger partial charge in [0.15, 0.2) is 12.4 Å². The third-order valence-corrected chi connectivity index (χ3v) is 3.00. The Morgan fingerprint density at radius 2 is 1.95 bits per heavy atom. The standard InChI is InChI=1S/C16H21NO5/c1-12(18)13-6-5-7-14(10-13)22-11-15(19)17-9-4-2-3-8-16(20)21/h5-7,10H,2-4,8-9,11H2,1H3,(H,17,19)(H,20,21). The molecule has 1 aromatic rings. The largest absolute Gasteiger partial charge is 0.484 e. The Morgan fingerprint density at radius 3 is 2.64 bits per heavy atom. The lowest BCUT2D eigenvalue weighted by Gasteiger charge is -2.08. The van der Waals surface area contributed by atoms with Crippen LogP contribution in [0.15, 0.2) is 24.3 Å². The van der Waals surface area contributed by atoms with Gasteiger partial charge < -0.3 is 15.2 Å². The lowest BCUT2D eigenvalue weighted by Crippen LogP contribution is -2.29. The third kappa shape index (κ3) is 7.42. The molecule has 2 N–H and O–H groups in total. The summed E-state index contributed by atoms with van der Waals surface area (Å²) >= 11 is 0. The number of carbonyl (C=O) groups excluding carboxylic acids is 2. The van der Waals surface area contributed by atoms with Crippen molar-refractivity contribution in [2.75, 3.05) is 13.2 Å². The van der Waals surface area contributed by atoms with Gasteiger partial charge in [-0.2, -0.15) is 0 Å². The fourth-order valence-corrected chi connectivity index (χ4v) is 1.81. The van der Waals surface area contributed by atoms with Crippen LogP contribution in [0.4, 0.5) is 0 Å². The van der Waals surface area contributed by atoms with E-state index in [2.05, 4.69) is 5.32 Å². The van der Waals surface area contributed by atoms with Gasteiger partial charge in [0.2, 0.25) is 0 Å². The van der Waals surface area contributed by atoms with Crippen molar-refractivity contribution in [3.05, 3.63) is 29.8 Å². The smallest absolute Gasteiger partial charge is 0.303 e. The van der Waals surface area contributed by atoms with Crippen molar-refractivity contribution >= 4 is 17.7 Å². The molecule has 0 aliphatic carbocycles. The first-order valence-electron chi connectivity index (χ1n) is 7.21. The molecule has 0 aromatic heterocycles. The maximum absolute atomic E-state index is 11.6. The number of Topliss-reactive ketones (excluding diaryl/α,β-unsaturated/α-hetero) is 1. The van der Waals surface area contributed by atoms with Crippen molar-refractivity contribution in [1.29, 1.82) is 0 Å². The number of benzene rings is 1. The van der Waals surface area contributed by atoms with E-state index in [-0.39, 0.29) is 24.7 Å². The quantitative estimate of drug-likeness (QED) is 0.509. The molecular weight excluding hydrogens is 286 g/mol. The molecule has 0 saturated heterocycles. The highest BCUT2D eigenvalue weighted by molar-refractivity contribution is 5.94. The summed E-state index contributed by atoms with van der Waals surface area (Å²) in [6.07, 6.45) is 2.26. The van der Waals surface area contributed by atoms with Gasteiger partial charge in [-0.15, -0.1) is 0 Å². The molecule has 0 radical (unpaired) electrons. The molecule has 6 heteroatoms. The minimum Gasteiger partial charge on any atom is -0.484 e. The highest BCUT2D eigenvalue weighted by Crippen LogP contribution is 2.13. The third-order valence-electron chi connectivity index (χ3n) is 3.00. The molecule has 1 amide bonds. The van der Waals surface area contributed by atoms with E-state index in [1.807, 2.05) is 0 Å². The number of amides is 1. The molecular formula is C16H21NO5. The van der Waals surface area contributed by atoms with Crippen molar-refractivity contribution in [2.45, 2.75) is 32.6 Å². The summed E-state index contributed by atoms with van der Waals surface area (Å²) in [6.45, 7) is 1.85. The van der Waals surface area contributed by atoms with Crippen molar-refractivity contribution < 1.29 is 24.2 Å². The zero-order valence-corrected chi connectivity index (χ0v) is 12.6. The molecule has 22 heavy (non-hydrogen) atoms. The van der Waals surface area contributed by atoms with Gasteiger partial charge in [-0.25, -0.2) is 0 Å². The van der Waals surface area contributed by atoms with Gasteiger partial charge in [0.1, 0.15) is 5.75 Å². The maximum Gasteiger partial charge on any atom is 0.303 e. The second kappa shape index (κ2) is 9.55. The molecule has 120 valence electrons. The van der Waals surface area contributed by atoms with Gasteiger partial charge in [0.05, 0.1) is 0 Å². The first-order valence-corrected chi connectivity index (χ1v) is 7.21. The summed E-state index contributed by atoms with van der Waals surface area (Å²) in [7, 11) is 0. The highest BCUT2D eigenvalue weighted by Gasteiger charge is 2.05. The maximum atomic E-state index is 11.6. The minimum absolute atomic E-state index is 0.0590. The number of carboxylic acid groups (broad SMARTS) is 1. The molecule has 0 saturated carbocycles. The molecule has 0 spiro atoms. The molecule has 6 nitrogen and oxygen atoms in total. The first-order chi connectivity index (χ1) is 10.5. The zero-order valence-electron chi connectivity index (χ0n) is 12.6. The van der Waals surface area contributed by atoms with Gasteiger partial charge in [-0.05, 0) is 31.9 Å². The summed E-state index contributed by atoms with van der Waals surface area (Å²) in [6, 6.07) is 6.67. The van der Waals surface area contributed by atoms with E-state index in [0.717, 1.165) is 12.8 Å². The molecule has 1 rings (SSSR count). The van der Waals surface area contributed by atoms with E-state index in [1.165, 1.54) is 6.92 Å². The Morgan fingerprint density at radius 1 is 1.18 bits per heavy atom. The molecule has 0 fully saturated rings. The van der Waals surface area contributed by atoms with Crippen molar-refractivity contribution in [3.63, 3.8) is 0 Å². The number of hydrogen-bond acceptors (Lipinski definition) is 4. The van der Waals surface area contributed by atoms with Crippen molar-refractivity contribution in [2.24, 2.45) is 0 Å². The SMILES string of the molecule is CC(=O)c1cccc(OCC(=O)NCCCCCC(=O)O)c1. The minimum atomic E-state index is -0.801. The lowest BCUT2D eigenvalue weighted by atomic mass is 10.1. The molecule has 0 bridgehead atoms. The summed E-state index contributed by atoms with van der Waals surface area (Å²) < 4.78 is 5.33. The van der Waals surface area contributed by atoms with Crippen LogP contribution in [0.1, 0.15) is 43.0 Å². The number of ether oxygens (including phenoxy) is 1. The highest BCUT2D eigenvalue weighted by atomic mass is 16.5. The topological polar surface area (TPSA) is 92.7 Å². The van der Waals surface area contributed by atoms with E-state index in [0.29, 0.717) is 24.3 Å². The van der Waals surface area contributed by atoms with Crippen LogP contribution in [0.2, 0.25) is 0 Å². The Hall–Kier alpha value is -2.37. The van der Waals surface area contributed by atoms with Crippen LogP contribution >= 0.6 is 0 Å². The fraction of sp³-hybridized carbons (Fsp3) is 0.438. The number of carboxylic acids is 1. The van der Waals surface area contributed by atoms with Gasteiger partial charge in [-0.1, -0.05) is 18.6 Å². The van der Waals surface area contributed by atoms with Gasteiger partial charge >= 0.3 is 5.97 Å². The van der Waals surface area contributed by atoms with Crippen LogP contribution in [0.25, 0.3) is 0 Å². The summed E-state index contributed by atoms with van der Waals surface area (Å²) in [5, 5.41) is 11.2. The predicted octanol–water partition coefficient (Wildman–Crippen LogP) is 2.03. The molecule has 0 heterocycles. The van der Waals surface area contributed by atoms with E-state index in [9.17, 15) is 14.4 Å². The summed E-state index contributed by atoms with van der Waals surface area (Å²) in [5.41, 5.74) is 0.538. The zero-order chi connectivity index (χ0) is 16.4. The average molecular weight is 307 g/mol. The van der Waals surface area contributed by atoms with Gasteiger partial charge in [0.25, 0.3) is 5.91 Å². The Labute approximate surface area is 129 Å². The van der Waals surface area contributed by atoms with E-state index in [1.54, 1.807) is 24.3 Å². The predicted molar refractivity (Wildman–Crippen MR) is 81.1 cm³/mol. The van der Waals surface area contributed by atoms with Crippen LogP contribution < -0.4 is 10.1 Å². The normalized spacial score (nSPS) is 10.0. The summed E-state index contributed by atoms with van der Waals surface area (Å²) in [4.78, 5) is 33.1. The number of aliphatic carboxylic acids is 1. The summed E-state index contributed by atoms with van der Waals surface area (Å²) in [5.74, 6) is -0.628. The van der Waals surface area contributed by atoms with E-state index < -0.39 is 5.97 Å². The van der Waals surface area contributed by atoms with Gasteiger partial charge in [-0.3, -0.25) is 14.4 Å². The second-order valence-corrected chi connectivity index (χ2v) is 4.93. The van der Waals surface area contributed by atoms with Crippen molar-refractivity contribution in [3.8, 4) is 5.75 Å². The Kier molecular flexibility index (Phi) is 7.67. The van der Waals surface area contributed by atoms with Gasteiger partial charge in [0, 0.05) is 18.5 Å². The molecule has 0 aliphatic heterocycles. The number of unbranched alkanes of at least 4 members (excludes halogenated alkanes) is 2. The number of rotatable bonds is 10. The number of hydrogen-bond donors (Lipinski definition) is 2.